The Kier molecular flexibility index (Phi) is 6.93. The van der Waals surface area contributed by atoms with Gasteiger partial charge < -0.3 is 10.2 Å². The number of urea groups is 1. The molecule has 0 bridgehead atoms. The molecule has 0 unspecified atom stereocenters. The Hall–Kier alpha value is -2.99. The Labute approximate surface area is 170 Å². The Morgan fingerprint density at radius 1 is 1.24 bits per heavy atom. The van der Waals surface area contributed by atoms with Gasteiger partial charge in [-0.3, -0.25) is 0 Å². The number of carbonyl (C=O) groups excluding carboxylic acids is 1. The molecule has 0 fully saturated rings. The molecule has 0 aliphatic carbocycles. The lowest BCUT2D eigenvalue weighted by atomic mass is 9.94. The minimum atomic E-state index is -3.82. The van der Waals surface area contributed by atoms with E-state index >= 15 is 0 Å². The standard InChI is InChI=1S/C20H23FN4O3S/c1-12(2)11-29(27,28)25-20(26)24-19-16(13(3)4)9-15(21)10-17(19)14-6-7-23-18(8-14)22-5/h6-10,12-13H,11H2,1-4H3,(H2,24,25,26). The van der Waals surface area contributed by atoms with Gasteiger partial charge in [0.25, 0.3) is 5.82 Å². The van der Waals surface area contributed by atoms with Crippen molar-refractivity contribution in [1.29, 1.82) is 0 Å². The van der Waals surface area contributed by atoms with Crippen LogP contribution in [-0.4, -0.2) is 25.2 Å². The quantitative estimate of drug-likeness (QED) is 0.667. The van der Waals surface area contributed by atoms with Crippen LogP contribution in [0.2, 0.25) is 0 Å². The molecule has 9 heteroatoms. The highest BCUT2D eigenvalue weighted by Crippen LogP contribution is 2.36. The Balaban J connectivity index is 2.51. The Morgan fingerprint density at radius 2 is 1.93 bits per heavy atom. The summed E-state index contributed by atoms with van der Waals surface area (Å²) in [7, 11) is -3.82. The Morgan fingerprint density at radius 3 is 2.52 bits per heavy atom. The molecule has 2 aromatic rings. The zero-order valence-electron chi connectivity index (χ0n) is 16.7. The maximum Gasteiger partial charge on any atom is 0.332 e. The van der Waals surface area contributed by atoms with Crippen LogP contribution in [0.1, 0.15) is 39.2 Å². The van der Waals surface area contributed by atoms with E-state index < -0.39 is 21.9 Å². The molecule has 2 N–H and O–H groups in total. The molecule has 1 aromatic heterocycles. The van der Waals surface area contributed by atoms with Crippen LogP contribution < -0.4 is 10.0 Å². The molecule has 0 atom stereocenters. The van der Waals surface area contributed by atoms with Crippen LogP contribution in [0.5, 0.6) is 0 Å². The van der Waals surface area contributed by atoms with Crippen molar-refractivity contribution in [3.63, 3.8) is 0 Å². The molecule has 7 nitrogen and oxygen atoms in total. The average molecular weight is 418 g/mol. The number of anilines is 1. The smallest absolute Gasteiger partial charge is 0.332 e. The van der Waals surface area contributed by atoms with E-state index in [9.17, 15) is 17.6 Å². The number of sulfonamides is 1. The Bertz CT molecular complexity index is 1060. The molecule has 0 saturated heterocycles. The number of nitrogens with one attached hydrogen (secondary N) is 2. The SMILES string of the molecule is [C-]#[N+]c1cc(-c2cc(F)cc(C(C)C)c2NC(=O)NS(=O)(=O)CC(C)C)ccn1. The molecule has 0 radical (unpaired) electrons. The van der Waals surface area contributed by atoms with Gasteiger partial charge in [-0.1, -0.05) is 34.3 Å². The van der Waals surface area contributed by atoms with E-state index in [4.69, 9.17) is 6.57 Å². The van der Waals surface area contributed by atoms with Gasteiger partial charge >= 0.3 is 6.03 Å². The van der Waals surface area contributed by atoms with Gasteiger partial charge in [0.15, 0.2) is 0 Å². The number of benzene rings is 1. The highest BCUT2D eigenvalue weighted by molar-refractivity contribution is 7.90. The van der Waals surface area contributed by atoms with Crippen LogP contribution in [0, 0.1) is 18.3 Å². The van der Waals surface area contributed by atoms with Gasteiger partial charge in [0.2, 0.25) is 10.0 Å². The molecular formula is C20H23FN4O3S. The zero-order valence-corrected chi connectivity index (χ0v) is 17.5. The molecule has 0 saturated carbocycles. The molecule has 0 aliphatic heterocycles. The highest BCUT2D eigenvalue weighted by atomic mass is 32.2. The third-order valence-electron chi connectivity index (χ3n) is 3.97. The fraction of sp³-hybridized carbons (Fsp3) is 0.350. The first kappa shape index (κ1) is 22.3. The lowest BCUT2D eigenvalue weighted by Crippen LogP contribution is -2.37. The van der Waals surface area contributed by atoms with Gasteiger partial charge in [-0.15, -0.1) is 4.98 Å². The number of aromatic nitrogens is 1. The first-order chi connectivity index (χ1) is 13.5. The van der Waals surface area contributed by atoms with E-state index in [1.54, 1.807) is 19.9 Å². The second kappa shape index (κ2) is 9.01. The number of amides is 2. The number of hydrogen-bond donors (Lipinski definition) is 2. The maximum atomic E-state index is 14.3. The first-order valence-corrected chi connectivity index (χ1v) is 10.7. The molecule has 29 heavy (non-hydrogen) atoms. The van der Waals surface area contributed by atoms with Gasteiger partial charge in [0.1, 0.15) is 12.0 Å². The lowest BCUT2D eigenvalue weighted by molar-refractivity contribution is 0.256. The van der Waals surface area contributed by atoms with E-state index in [0.717, 1.165) is 0 Å². The van der Waals surface area contributed by atoms with Crippen LogP contribution in [0.25, 0.3) is 16.0 Å². The number of pyridine rings is 1. The first-order valence-electron chi connectivity index (χ1n) is 9.01. The summed E-state index contributed by atoms with van der Waals surface area (Å²) >= 11 is 0. The summed E-state index contributed by atoms with van der Waals surface area (Å²) in [6, 6.07) is 4.66. The van der Waals surface area contributed by atoms with Crippen molar-refractivity contribution in [2.45, 2.75) is 33.6 Å². The average Bonchev–Trinajstić information content (AvgIpc) is 2.60. The number of hydrogen-bond acceptors (Lipinski definition) is 4. The predicted octanol–water partition coefficient (Wildman–Crippen LogP) is 4.67. The largest absolute Gasteiger partial charge is 0.361 e. The summed E-state index contributed by atoms with van der Waals surface area (Å²) in [6.07, 6.45) is 1.42. The van der Waals surface area contributed by atoms with Crippen LogP contribution in [0.3, 0.4) is 0 Å². The minimum absolute atomic E-state index is 0.118. The van der Waals surface area contributed by atoms with Gasteiger partial charge in [-0.25, -0.2) is 22.3 Å². The van der Waals surface area contributed by atoms with Crippen molar-refractivity contribution in [3.8, 4) is 11.1 Å². The number of halogens is 1. The molecule has 2 rings (SSSR count). The summed E-state index contributed by atoms with van der Waals surface area (Å²) in [5.74, 6) is -0.908. The second-order valence-corrected chi connectivity index (χ2v) is 9.09. The van der Waals surface area contributed by atoms with E-state index in [1.165, 1.54) is 24.4 Å². The molecule has 0 spiro atoms. The normalized spacial score (nSPS) is 11.4. The van der Waals surface area contributed by atoms with Gasteiger partial charge in [-0.2, -0.15) is 0 Å². The van der Waals surface area contributed by atoms with Gasteiger partial charge in [0.05, 0.1) is 11.4 Å². The van der Waals surface area contributed by atoms with Crippen LogP contribution in [0.4, 0.5) is 20.7 Å². The third kappa shape index (κ3) is 5.99. The molecule has 1 heterocycles. The van der Waals surface area contributed by atoms with Crippen molar-refractivity contribution in [2.24, 2.45) is 5.92 Å². The molecule has 1 aromatic carbocycles. The van der Waals surface area contributed by atoms with Crippen molar-refractivity contribution in [1.82, 2.24) is 9.71 Å². The van der Waals surface area contributed by atoms with E-state index in [0.29, 0.717) is 16.7 Å². The lowest BCUT2D eigenvalue weighted by Gasteiger charge is -2.19. The van der Waals surface area contributed by atoms with Crippen LogP contribution >= 0.6 is 0 Å². The zero-order chi connectivity index (χ0) is 21.8. The molecule has 2 amide bonds. The van der Waals surface area contributed by atoms with E-state index in [1.807, 2.05) is 18.6 Å². The number of nitrogens with zero attached hydrogens (tertiary/aromatic N) is 2. The molecule has 154 valence electrons. The van der Waals surface area contributed by atoms with Gasteiger partial charge in [-0.05, 0) is 47.2 Å². The maximum absolute atomic E-state index is 14.3. The monoisotopic (exact) mass is 418 g/mol. The van der Waals surface area contributed by atoms with Gasteiger partial charge in [0, 0.05) is 5.56 Å². The summed E-state index contributed by atoms with van der Waals surface area (Å²) in [4.78, 5) is 19.6. The van der Waals surface area contributed by atoms with E-state index in [-0.39, 0.29) is 29.1 Å². The highest BCUT2D eigenvalue weighted by Gasteiger charge is 2.21. The summed E-state index contributed by atoms with van der Waals surface area (Å²) in [5.41, 5.74) is 1.59. The fourth-order valence-corrected chi connectivity index (χ4v) is 4.15. The van der Waals surface area contributed by atoms with Crippen LogP contribution in [0.15, 0.2) is 30.5 Å². The predicted molar refractivity (Wildman–Crippen MR) is 111 cm³/mol. The minimum Gasteiger partial charge on any atom is -0.361 e. The summed E-state index contributed by atoms with van der Waals surface area (Å²) in [6.45, 7) is 14.2. The molecular weight excluding hydrogens is 395 g/mol. The van der Waals surface area contributed by atoms with Crippen molar-refractivity contribution >= 4 is 27.6 Å². The second-order valence-electron chi connectivity index (χ2n) is 7.32. The van der Waals surface area contributed by atoms with Crippen molar-refractivity contribution in [3.05, 3.63) is 53.3 Å². The third-order valence-corrected chi connectivity index (χ3v) is 5.57. The topological polar surface area (TPSA) is 92.5 Å². The summed E-state index contributed by atoms with van der Waals surface area (Å²) < 4.78 is 40.4. The number of rotatable bonds is 6. The number of carbonyl (C=O) groups is 1. The summed E-state index contributed by atoms with van der Waals surface area (Å²) in [5, 5.41) is 2.56. The van der Waals surface area contributed by atoms with E-state index in [2.05, 4.69) is 15.1 Å². The fourth-order valence-electron chi connectivity index (χ4n) is 2.86. The van der Waals surface area contributed by atoms with Crippen LogP contribution in [-0.2, 0) is 10.0 Å². The van der Waals surface area contributed by atoms with Crippen molar-refractivity contribution < 1.29 is 17.6 Å². The van der Waals surface area contributed by atoms with Crippen molar-refractivity contribution in [2.75, 3.05) is 11.1 Å². The molecule has 0 aliphatic rings.